The van der Waals surface area contributed by atoms with Crippen LogP contribution in [-0.4, -0.2) is 29.1 Å². The molecule has 3 aromatic rings. The number of rotatable bonds is 5. The van der Waals surface area contributed by atoms with E-state index in [1.807, 2.05) is 0 Å². The van der Waals surface area contributed by atoms with Crippen LogP contribution < -0.4 is 9.64 Å². The summed E-state index contributed by atoms with van der Waals surface area (Å²) in [6, 6.07) is 11.1. The minimum absolute atomic E-state index is 0.0161. The lowest BCUT2D eigenvalue weighted by Gasteiger charge is -2.25. The summed E-state index contributed by atoms with van der Waals surface area (Å²) in [5, 5.41) is 16.3. The molecule has 0 spiro atoms. The van der Waals surface area contributed by atoms with Gasteiger partial charge in [0.1, 0.15) is 17.6 Å². The van der Waals surface area contributed by atoms with Crippen LogP contribution >= 0.6 is 11.3 Å². The fourth-order valence-corrected chi connectivity index (χ4v) is 3.95. The Hall–Kier alpha value is -3.39. The highest BCUT2D eigenvalue weighted by Crippen LogP contribution is 2.44. The van der Waals surface area contributed by atoms with Crippen molar-refractivity contribution in [2.75, 3.05) is 12.0 Å². The number of methoxy groups -OCH3 is 1. The lowest BCUT2D eigenvalue weighted by Crippen LogP contribution is -2.31. The molecule has 1 atom stereocenters. The number of Topliss-reactive ketones (excluding diaryl/α,β-unsaturated/α-hetero) is 1. The van der Waals surface area contributed by atoms with Crippen molar-refractivity contribution >= 4 is 28.8 Å². The van der Waals surface area contributed by atoms with Gasteiger partial charge < -0.3 is 14.4 Å². The summed E-state index contributed by atoms with van der Waals surface area (Å²) in [5.41, 5.74) is 0.542. The summed E-state index contributed by atoms with van der Waals surface area (Å²) in [6.07, 6.45) is 0. The summed E-state index contributed by atoms with van der Waals surface area (Å²) in [6.45, 7) is 1.69. The molecular weight excluding hydrogens is 380 g/mol. The number of anilines is 1. The third-order valence-electron chi connectivity index (χ3n) is 4.49. The molecule has 2 aromatic heterocycles. The number of aromatic nitrogens is 1. The van der Waals surface area contributed by atoms with E-state index in [1.165, 1.54) is 23.3 Å². The zero-order chi connectivity index (χ0) is 19.8. The highest BCUT2D eigenvalue weighted by molar-refractivity contribution is 7.12. The van der Waals surface area contributed by atoms with Crippen molar-refractivity contribution in [1.29, 1.82) is 0 Å². The smallest absolute Gasteiger partial charge is 0.295 e. The van der Waals surface area contributed by atoms with Gasteiger partial charge in [-0.2, -0.15) is 0 Å². The Bertz CT molecular complexity index is 1080. The maximum atomic E-state index is 13.2. The predicted molar refractivity (Wildman–Crippen MR) is 103 cm³/mol. The molecule has 1 aliphatic heterocycles. The number of amides is 1. The second kappa shape index (κ2) is 6.97. The van der Waals surface area contributed by atoms with Gasteiger partial charge in [-0.25, -0.2) is 0 Å². The van der Waals surface area contributed by atoms with Crippen LogP contribution in [0.15, 0.2) is 63.7 Å². The Morgan fingerprint density at radius 3 is 2.71 bits per heavy atom. The molecule has 8 heteroatoms. The predicted octanol–water partition coefficient (Wildman–Crippen LogP) is 3.84. The number of hydrogen-bond donors (Lipinski definition) is 1. The summed E-state index contributed by atoms with van der Waals surface area (Å²) in [4.78, 5) is 27.8. The molecule has 7 nitrogen and oxygen atoms in total. The highest BCUT2D eigenvalue weighted by Gasteiger charge is 2.46. The number of thiophene rings is 1. The fourth-order valence-electron chi connectivity index (χ4n) is 3.27. The van der Waals surface area contributed by atoms with Crippen LogP contribution in [0.25, 0.3) is 0 Å². The lowest BCUT2D eigenvalue weighted by atomic mass is 9.94. The van der Waals surface area contributed by atoms with Crippen molar-refractivity contribution < 1.29 is 24.0 Å². The molecule has 0 saturated heterocycles. The van der Waals surface area contributed by atoms with Crippen molar-refractivity contribution in [1.82, 2.24) is 5.16 Å². The average Bonchev–Trinajstić information content (AvgIpc) is 3.43. The SMILES string of the molecule is COc1ccccc1[C@@H]1C(C(=O)c2cccs2)=C(O)C(=O)N1c1cc(C)on1. The van der Waals surface area contributed by atoms with Gasteiger partial charge in [-0.05, 0) is 24.4 Å². The number of hydrogen-bond acceptors (Lipinski definition) is 7. The zero-order valence-corrected chi connectivity index (χ0v) is 15.9. The molecule has 28 heavy (non-hydrogen) atoms. The van der Waals surface area contributed by atoms with Gasteiger partial charge in [0.2, 0.25) is 5.78 Å². The number of aryl methyl sites for hydroxylation is 1. The first-order chi connectivity index (χ1) is 13.5. The largest absolute Gasteiger partial charge is 0.503 e. The molecular formula is C20H16N2O5S. The Morgan fingerprint density at radius 2 is 2.07 bits per heavy atom. The molecule has 0 bridgehead atoms. The van der Waals surface area contributed by atoms with E-state index in [0.717, 1.165) is 0 Å². The van der Waals surface area contributed by atoms with E-state index in [-0.39, 0.29) is 11.4 Å². The highest BCUT2D eigenvalue weighted by atomic mass is 32.1. The number of carbonyl (C=O) groups excluding carboxylic acids is 2. The maximum absolute atomic E-state index is 13.2. The molecule has 0 radical (unpaired) electrons. The van der Waals surface area contributed by atoms with Crippen LogP contribution in [0.4, 0.5) is 5.82 Å². The molecule has 0 aliphatic carbocycles. The Balaban J connectivity index is 1.92. The zero-order valence-electron chi connectivity index (χ0n) is 15.1. The number of carbonyl (C=O) groups is 2. The Kier molecular flexibility index (Phi) is 4.48. The minimum Gasteiger partial charge on any atom is -0.503 e. The first kappa shape index (κ1) is 18.0. The standard InChI is InChI=1S/C20H16N2O5S/c1-11-10-15(21-27-11)22-17(12-6-3-4-7-13(12)26-2)16(19(24)20(22)25)18(23)14-8-5-9-28-14/h3-10,17,24H,1-2H3/t17-/m1/s1. The van der Waals surface area contributed by atoms with Gasteiger partial charge in [0, 0.05) is 11.6 Å². The lowest BCUT2D eigenvalue weighted by molar-refractivity contribution is -0.117. The molecule has 3 heterocycles. The number of benzene rings is 1. The van der Waals surface area contributed by atoms with Crippen LogP contribution in [0.5, 0.6) is 5.75 Å². The van der Waals surface area contributed by atoms with E-state index in [4.69, 9.17) is 9.26 Å². The number of ketones is 1. The first-order valence-corrected chi connectivity index (χ1v) is 9.32. The summed E-state index contributed by atoms with van der Waals surface area (Å²) in [5.74, 6) is -0.548. The number of aliphatic hydroxyl groups is 1. The fraction of sp³-hybridized carbons (Fsp3) is 0.150. The van der Waals surface area contributed by atoms with E-state index in [9.17, 15) is 14.7 Å². The van der Waals surface area contributed by atoms with Gasteiger partial charge in [0.05, 0.1) is 17.6 Å². The van der Waals surface area contributed by atoms with Crippen LogP contribution in [0.3, 0.4) is 0 Å². The molecule has 1 N–H and O–H groups in total. The molecule has 142 valence electrons. The number of ether oxygens (including phenoxy) is 1. The van der Waals surface area contributed by atoms with Gasteiger partial charge >= 0.3 is 0 Å². The Labute approximate surface area is 164 Å². The van der Waals surface area contributed by atoms with Gasteiger partial charge in [-0.1, -0.05) is 29.4 Å². The number of para-hydroxylation sites is 1. The summed E-state index contributed by atoms with van der Waals surface area (Å²) in [7, 11) is 1.50. The Morgan fingerprint density at radius 1 is 1.29 bits per heavy atom. The van der Waals surface area contributed by atoms with Crippen LogP contribution in [0.2, 0.25) is 0 Å². The monoisotopic (exact) mass is 396 g/mol. The van der Waals surface area contributed by atoms with E-state index in [1.54, 1.807) is 54.8 Å². The number of nitrogens with zero attached hydrogens (tertiary/aromatic N) is 2. The van der Waals surface area contributed by atoms with E-state index >= 15 is 0 Å². The third-order valence-corrected chi connectivity index (χ3v) is 5.36. The summed E-state index contributed by atoms with van der Waals surface area (Å²) >= 11 is 1.24. The molecule has 1 aliphatic rings. The normalized spacial score (nSPS) is 16.7. The third kappa shape index (κ3) is 2.78. The minimum atomic E-state index is -0.900. The van der Waals surface area contributed by atoms with Gasteiger partial charge in [-0.15, -0.1) is 11.3 Å². The van der Waals surface area contributed by atoms with Crippen molar-refractivity contribution in [2.45, 2.75) is 13.0 Å². The molecule has 1 amide bonds. The van der Waals surface area contributed by atoms with Gasteiger partial charge in [0.25, 0.3) is 5.91 Å². The van der Waals surface area contributed by atoms with Crippen LogP contribution in [-0.2, 0) is 4.79 Å². The molecule has 1 aromatic carbocycles. The maximum Gasteiger partial charge on any atom is 0.295 e. The van der Waals surface area contributed by atoms with Crippen LogP contribution in [0, 0.1) is 6.92 Å². The van der Waals surface area contributed by atoms with Crippen molar-refractivity contribution in [3.05, 3.63) is 75.4 Å². The molecule has 0 saturated carbocycles. The summed E-state index contributed by atoms with van der Waals surface area (Å²) < 4.78 is 10.6. The number of aliphatic hydroxyl groups excluding tert-OH is 1. The van der Waals surface area contributed by atoms with E-state index in [2.05, 4.69) is 5.16 Å². The quantitative estimate of drug-likeness (QED) is 0.659. The topological polar surface area (TPSA) is 92.9 Å². The van der Waals surface area contributed by atoms with Crippen LogP contribution in [0.1, 0.15) is 27.0 Å². The van der Waals surface area contributed by atoms with E-state index < -0.39 is 23.5 Å². The second-order valence-corrected chi connectivity index (χ2v) is 7.13. The molecule has 0 fully saturated rings. The van der Waals surface area contributed by atoms with Gasteiger partial charge in [0.15, 0.2) is 11.6 Å². The van der Waals surface area contributed by atoms with Gasteiger partial charge in [-0.3, -0.25) is 14.5 Å². The van der Waals surface area contributed by atoms with E-state index in [0.29, 0.717) is 22.0 Å². The molecule has 0 unspecified atom stereocenters. The van der Waals surface area contributed by atoms with Crippen molar-refractivity contribution in [3.63, 3.8) is 0 Å². The first-order valence-electron chi connectivity index (χ1n) is 8.44. The van der Waals surface area contributed by atoms with Crippen molar-refractivity contribution in [2.24, 2.45) is 0 Å². The van der Waals surface area contributed by atoms with Crippen molar-refractivity contribution in [3.8, 4) is 5.75 Å². The second-order valence-electron chi connectivity index (χ2n) is 6.18. The molecule has 4 rings (SSSR count). The average molecular weight is 396 g/mol.